The van der Waals surface area contributed by atoms with E-state index in [1.165, 1.54) is 6.07 Å². The van der Waals surface area contributed by atoms with Gasteiger partial charge in [-0.3, -0.25) is 0 Å². The highest BCUT2D eigenvalue weighted by Crippen LogP contribution is 2.14. The molecular formula is C9H6F2O3. The molecule has 0 aliphatic heterocycles. The Morgan fingerprint density at radius 2 is 1.93 bits per heavy atom. The number of carboxylic acids is 1. The summed E-state index contributed by atoms with van der Waals surface area (Å²) < 4.78 is 25.5. The molecule has 2 N–H and O–H groups in total. The summed E-state index contributed by atoms with van der Waals surface area (Å²) in [6, 6.07) is 3.25. The topological polar surface area (TPSA) is 57.5 Å². The first-order valence-electron chi connectivity index (χ1n) is 3.60. The van der Waals surface area contributed by atoms with Crippen molar-refractivity contribution >= 4 is 12.0 Å². The van der Waals surface area contributed by atoms with Crippen molar-refractivity contribution in [2.45, 2.75) is 0 Å². The van der Waals surface area contributed by atoms with E-state index in [1.807, 2.05) is 0 Å². The highest BCUT2D eigenvalue weighted by molar-refractivity contribution is 5.89. The fraction of sp³-hybridized carbons (Fsp3) is 0. The third-order valence-electron chi connectivity index (χ3n) is 1.49. The van der Waals surface area contributed by atoms with Crippen molar-refractivity contribution in [3.63, 3.8) is 0 Å². The number of hydrogen-bond donors (Lipinski definition) is 2. The summed E-state index contributed by atoms with van der Waals surface area (Å²) in [5, 5.41) is 17.0. The Kier molecular flexibility index (Phi) is 2.81. The maximum absolute atomic E-state index is 12.9. The van der Waals surface area contributed by atoms with E-state index in [2.05, 4.69) is 0 Å². The number of hydrogen-bond acceptors (Lipinski definition) is 2. The zero-order valence-corrected chi connectivity index (χ0v) is 6.87. The third-order valence-corrected chi connectivity index (χ3v) is 1.49. The molecule has 0 fully saturated rings. The fourth-order valence-corrected chi connectivity index (χ4v) is 0.841. The van der Waals surface area contributed by atoms with E-state index < -0.39 is 23.4 Å². The molecule has 3 nitrogen and oxygen atoms in total. The molecule has 0 saturated heterocycles. The standard InChI is InChI=1S/C9H6F2O3/c10-6-3-1-2-5(8(6)11)4-7(12)9(13)14/h1-4,12H,(H,13,14). The highest BCUT2D eigenvalue weighted by atomic mass is 19.2. The van der Waals surface area contributed by atoms with Crippen molar-refractivity contribution in [2.75, 3.05) is 0 Å². The van der Waals surface area contributed by atoms with Gasteiger partial charge in [-0.2, -0.15) is 0 Å². The van der Waals surface area contributed by atoms with Crippen LogP contribution in [0.1, 0.15) is 5.56 Å². The number of carboxylic acid groups (broad SMARTS) is 1. The van der Waals surface area contributed by atoms with Crippen LogP contribution in [-0.2, 0) is 4.79 Å². The monoisotopic (exact) mass is 200 g/mol. The second-order valence-corrected chi connectivity index (χ2v) is 2.48. The predicted molar refractivity (Wildman–Crippen MR) is 44.6 cm³/mol. The molecule has 1 aromatic rings. The first kappa shape index (κ1) is 10.2. The van der Waals surface area contributed by atoms with Crippen LogP contribution in [0.3, 0.4) is 0 Å². The van der Waals surface area contributed by atoms with Crippen LogP contribution in [0.25, 0.3) is 6.08 Å². The number of carbonyl (C=O) groups is 1. The van der Waals surface area contributed by atoms with Crippen LogP contribution in [0.2, 0.25) is 0 Å². The van der Waals surface area contributed by atoms with Gasteiger partial charge in [0, 0.05) is 5.56 Å². The van der Waals surface area contributed by atoms with Crippen LogP contribution in [-0.4, -0.2) is 16.2 Å². The Labute approximate surface area is 77.9 Å². The predicted octanol–water partition coefficient (Wildman–Crippen LogP) is 1.95. The number of rotatable bonds is 2. The molecule has 0 saturated carbocycles. The van der Waals surface area contributed by atoms with Gasteiger partial charge in [-0.15, -0.1) is 0 Å². The van der Waals surface area contributed by atoms with Gasteiger partial charge in [0.2, 0.25) is 5.76 Å². The molecule has 0 aromatic heterocycles. The van der Waals surface area contributed by atoms with Gasteiger partial charge >= 0.3 is 5.97 Å². The summed E-state index contributed by atoms with van der Waals surface area (Å²) in [6.45, 7) is 0. The summed E-state index contributed by atoms with van der Waals surface area (Å²) in [6.07, 6.45) is 0.640. The highest BCUT2D eigenvalue weighted by Gasteiger charge is 2.09. The number of aliphatic hydroxyl groups is 1. The minimum atomic E-state index is -1.60. The zero-order chi connectivity index (χ0) is 10.7. The Balaban J connectivity index is 3.15. The number of aliphatic hydroxyl groups excluding tert-OH is 1. The normalized spacial score (nSPS) is 11.4. The molecule has 0 atom stereocenters. The van der Waals surface area contributed by atoms with Crippen molar-refractivity contribution in [3.05, 3.63) is 41.2 Å². The number of halogens is 2. The number of aliphatic carboxylic acids is 1. The van der Waals surface area contributed by atoms with E-state index in [0.717, 1.165) is 12.1 Å². The lowest BCUT2D eigenvalue weighted by molar-refractivity contribution is -0.135. The van der Waals surface area contributed by atoms with E-state index >= 15 is 0 Å². The molecule has 1 rings (SSSR count). The van der Waals surface area contributed by atoms with Crippen molar-refractivity contribution in [1.29, 1.82) is 0 Å². The van der Waals surface area contributed by atoms with E-state index in [1.54, 1.807) is 0 Å². The van der Waals surface area contributed by atoms with Gasteiger partial charge in [0.15, 0.2) is 11.6 Å². The summed E-state index contributed by atoms with van der Waals surface area (Å²) in [5.41, 5.74) is -0.315. The van der Waals surface area contributed by atoms with Crippen LogP contribution < -0.4 is 0 Å². The first-order chi connectivity index (χ1) is 6.52. The van der Waals surface area contributed by atoms with Gasteiger partial charge in [0.1, 0.15) is 0 Å². The van der Waals surface area contributed by atoms with Crippen LogP contribution >= 0.6 is 0 Å². The van der Waals surface area contributed by atoms with Crippen molar-refractivity contribution in [2.24, 2.45) is 0 Å². The van der Waals surface area contributed by atoms with E-state index in [9.17, 15) is 13.6 Å². The van der Waals surface area contributed by atoms with Crippen LogP contribution in [0.15, 0.2) is 24.0 Å². The van der Waals surface area contributed by atoms with Crippen LogP contribution in [0, 0.1) is 11.6 Å². The van der Waals surface area contributed by atoms with Gasteiger partial charge in [-0.1, -0.05) is 12.1 Å². The summed E-state index contributed by atoms with van der Waals surface area (Å²) in [5.74, 6) is -4.94. The fourth-order valence-electron chi connectivity index (χ4n) is 0.841. The molecule has 0 unspecified atom stereocenters. The third kappa shape index (κ3) is 2.07. The van der Waals surface area contributed by atoms with Crippen molar-refractivity contribution < 1.29 is 23.8 Å². The van der Waals surface area contributed by atoms with Crippen molar-refractivity contribution in [3.8, 4) is 0 Å². The molecule has 0 bridgehead atoms. The van der Waals surface area contributed by atoms with Crippen molar-refractivity contribution in [1.82, 2.24) is 0 Å². The average Bonchev–Trinajstić information content (AvgIpc) is 2.12. The maximum Gasteiger partial charge on any atom is 0.370 e. The summed E-state index contributed by atoms with van der Waals surface area (Å²) >= 11 is 0. The minimum Gasteiger partial charge on any atom is -0.502 e. The minimum absolute atomic E-state index is 0.315. The maximum atomic E-state index is 12.9. The van der Waals surface area contributed by atoms with Gasteiger partial charge in [-0.05, 0) is 12.1 Å². The Bertz CT molecular complexity index is 399. The Morgan fingerprint density at radius 1 is 1.29 bits per heavy atom. The molecule has 0 amide bonds. The van der Waals surface area contributed by atoms with E-state index in [-0.39, 0.29) is 5.56 Å². The molecular weight excluding hydrogens is 194 g/mol. The largest absolute Gasteiger partial charge is 0.502 e. The first-order valence-corrected chi connectivity index (χ1v) is 3.60. The zero-order valence-electron chi connectivity index (χ0n) is 6.87. The molecule has 5 heteroatoms. The van der Waals surface area contributed by atoms with E-state index in [0.29, 0.717) is 6.08 Å². The average molecular weight is 200 g/mol. The molecule has 0 aliphatic carbocycles. The van der Waals surface area contributed by atoms with Crippen LogP contribution in [0.4, 0.5) is 8.78 Å². The van der Waals surface area contributed by atoms with Gasteiger partial charge in [0.25, 0.3) is 0 Å². The second kappa shape index (κ2) is 3.87. The smallest absolute Gasteiger partial charge is 0.370 e. The lowest BCUT2D eigenvalue weighted by atomic mass is 10.2. The Morgan fingerprint density at radius 3 is 2.50 bits per heavy atom. The molecule has 0 heterocycles. The van der Waals surface area contributed by atoms with Gasteiger partial charge < -0.3 is 10.2 Å². The molecule has 0 spiro atoms. The molecule has 0 aliphatic rings. The SMILES string of the molecule is O=C(O)C(O)=Cc1cccc(F)c1F. The van der Waals surface area contributed by atoms with Crippen LogP contribution in [0.5, 0.6) is 0 Å². The lowest BCUT2D eigenvalue weighted by Crippen LogP contribution is -1.99. The van der Waals surface area contributed by atoms with Gasteiger partial charge in [-0.25, -0.2) is 13.6 Å². The molecule has 1 aromatic carbocycles. The summed E-state index contributed by atoms with van der Waals surface area (Å²) in [7, 11) is 0. The van der Waals surface area contributed by atoms with E-state index in [4.69, 9.17) is 10.2 Å². The number of benzene rings is 1. The summed E-state index contributed by atoms with van der Waals surface area (Å²) in [4.78, 5) is 10.2. The lowest BCUT2D eigenvalue weighted by Gasteiger charge is -1.97. The second-order valence-electron chi connectivity index (χ2n) is 2.48. The van der Waals surface area contributed by atoms with Gasteiger partial charge in [0.05, 0.1) is 0 Å². The Hall–Kier alpha value is -1.91. The molecule has 14 heavy (non-hydrogen) atoms. The molecule has 0 radical (unpaired) electrons. The molecule has 74 valence electrons. The quantitative estimate of drug-likeness (QED) is 0.566.